The standard InChI is InChI=1S/C17H18N2O/c20-17-12-18-10-11-19(17)13-14-6-8-16(9-7-14)15-4-2-1-3-5-15/h1-9,18H,10-13H2. The molecular formula is C17H18N2O. The number of nitrogens with one attached hydrogen (secondary N) is 1. The Bertz CT molecular complexity index is 578. The van der Waals surface area contributed by atoms with Gasteiger partial charge in [0.25, 0.3) is 0 Å². The number of carbonyl (C=O) groups is 1. The molecule has 0 spiro atoms. The molecule has 0 aliphatic carbocycles. The van der Waals surface area contributed by atoms with E-state index >= 15 is 0 Å². The summed E-state index contributed by atoms with van der Waals surface area (Å²) in [7, 11) is 0. The van der Waals surface area contributed by atoms with E-state index in [1.807, 2.05) is 23.1 Å². The summed E-state index contributed by atoms with van der Waals surface area (Å²) in [6, 6.07) is 18.8. The lowest BCUT2D eigenvalue weighted by Gasteiger charge is -2.27. The van der Waals surface area contributed by atoms with Crippen molar-refractivity contribution in [2.45, 2.75) is 6.54 Å². The second kappa shape index (κ2) is 5.88. The summed E-state index contributed by atoms with van der Waals surface area (Å²) in [5.74, 6) is 0.184. The van der Waals surface area contributed by atoms with Crippen LogP contribution in [0.4, 0.5) is 0 Å². The second-order valence-electron chi connectivity index (χ2n) is 5.06. The van der Waals surface area contributed by atoms with Crippen molar-refractivity contribution in [2.75, 3.05) is 19.6 Å². The van der Waals surface area contributed by atoms with Gasteiger partial charge in [-0.3, -0.25) is 4.79 Å². The molecule has 1 aliphatic rings. The molecule has 1 heterocycles. The van der Waals surface area contributed by atoms with Crippen LogP contribution in [0.25, 0.3) is 11.1 Å². The van der Waals surface area contributed by atoms with Gasteiger partial charge in [0.1, 0.15) is 0 Å². The van der Waals surface area contributed by atoms with Crippen molar-refractivity contribution in [2.24, 2.45) is 0 Å². The highest BCUT2D eigenvalue weighted by Crippen LogP contribution is 2.19. The van der Waals surface area contributed by atoms with E-state index in [0.717, 1.165) is 13.1 Å². The number of piperazine rings is 1. The zero-order valence-electron chi connectivity index (χ0n) is 11.4. The minimum absolute atomic E-state index is 0.184. The molecule has 3 rings (SSSR count). The Kier molecular flexibility index (Phi) is 3.79. The SMILES string of the molecule is O=C1CNCCN1Cc1ccc(-c2ccccc2)cc1. The molecule has 102 valence electrons. The van der Waals surface area contributed by atoms with Gasteiger partial charge in [0.15, 0.2) is 0 Å². The summed E-state index contributed by atoms with van der Waals surface area (Å²) in [4.78, 5) is 13.7. The minimum Gasteiger partial charge on any atom is -0.336 e. The van der Waals surface area contributed by atoms with Gasteiger partial charge in [-0.05, 0) is 16.7 Å². The van der Waals surface area contributed by atoms with Crippen LogP contribution < -0.4 is 5.32 Å². The topological polar surface area (TPSA) is 32.3 Å². The molecule has 2 aromatic carbocycles. The van der Waals surface area contributed by atoms with Crippen LogP contribution >= 0.6 is 0 Å². The summed E-state index contributed by atoms with van der Waals surface area (Å²) in [6.45, 7) is 2.84. The van der Waals surface area contributed by atoms with Crippen LogP contribution in [0, 0.1) is 0 Å². The average molecular weight is 266 g/mol. The molecule has 3 nitrogen and oxygen atoms in total. The lowest BCUT2D eigenvalue weighted by Crippen LogP contribution is -2.47. The van der Waals surface area contributed by atoms with Crippen molar-refractivity contribution in [1.82, 2.24) is 10.2 Å². The molecular weight excluding hydrogens is 248 g/mol. The summed E-state index contributed by atoms with van der Waals surface area (Å²) in [6.07, 6.45) is 0. The van der Waals surface area contributed by atoms with Crippen molar-refractivity contribution < 1.29 is 4.79 Å². The molecule has 0 saturated carbocycles. The Hall–Kier alpha value is -2.13. The predicted octanol–water partition coefficient (Wildman–Crippen LogP) is 2.29. The molecule has 1 fully saturated rings. The van der Waals surface area contributed by atoms with E-state index < -0.39 is 0 Å². The Morgan fingerprint density at radius 1 is 0.950 bits per heavy atom. The highest BCUT2D eigenvalue weighted by atomic mass is 16.2. The van der Waals surface area contributed by atoms with Crippen LogP contribution in [0.3, 0.4) is 0 Å². The fourth-order valence-corrected chi connectivity index (χ4v) is 2.47. The maximum absolute atomic E-state index is 11.8. The molecule has 0 unspecified atom stereocenters. The summed E-state index contributed by atoms with van der Waals surface area (Å²) >= 11 is 0. The van der Waals surface area contributed by atoms with E-state index in [0.29, 0.717) is 13.1 Å². The van der Waals surface area contributed by atoms with Crippen LogP contribution in [0.5, 0.6) is 0 Å². The van der Waals surface area contributed by atoms with Crippen molar-refractivity contribution in [3.63, 3.8) is 0 Å². The normalized spacial score (nSPS) is 15.4. The van der Waals surface area contributed by atoms with E-state index in [1.165, 1.54) is 16.7 Å². The average Bonchev–Trinajstić information content (AvgIpc) is 2.51. The van der Waals surface area contributed by atoms with E-state index in [9.17, 15) is 4.79 Å². The fraction of sp³-hybridized carbons (Fsp3) is 0.235. The van der Waals surface area contributed by atoms with E-state index in [1.54, 1.807) is 0 Å². The first-order chi connectivity index (χ1) is 9.83. The quantitative estimate of drug-likeness (QED) is 0.924. The first-order valence-corrected chi connectivity index (χ1v) is 6.96. The number of amides is 1. The fourth-order valence-electron chi connectivity index (χ4n) is 2.47. The Balaban J connectivity index is 1.72. The smallest absolute Gasteiger partial charge is 0.236 e. The first kappa shape index (κ1) is 12.9. The summed E-state index contributed by atoms with van der Waals surface area (Å²) < 4.78 is 0. The third kappa shape index (κ3) is 2.89. The van der Waals surface area contributed by atoms with Gasteiger partial charge in [0, 0.05) is 19.6 Å². The number of benzene rings is 2. The largest absolute Gasteiger partial charge is 0.336 e. The predicted molar refractivity (Wildman–Crippen MR) is 80.2 cm³/mol. The molecule has 0 bridgehead atoms. The number of rotatable bonds is 3. The van der Waals surface area contributed by atoms with Gasteiger partial charge < -0.3 is 10.2 Å². The second-order valence-corrected chi connectivity index (χ2v) is 5.06. The molecule has 0 radical (unpaired) electrons. The van der Waals surface area contributed by atoms with Crippen molar-refractivity contribution >= 4 is 5.91 Å². The Morgan fingerprint density at radius 2 is 1.65 bits per heavy atom. The van der Waals surface area contributed by atoms with Crippen molar-refractivity contribution in [1.29, 1.82) is 0 Å². The zero-order valence-corrected chi connectivity index (χ0v) is 11.4. The summed E-state index contributed by atoms with van der Waals surface area (Å²) in [5.41, 5.74) is 3.61. The lowest BCUT2D eigenvalue weighted by molar-refractivity contribution is -0.132. The molecule has 20 heavy (non-hydrogen) atoms. The van der Waals surface area contributed by atoms with Gasteiger partial charge in [-0.2, -0.15) is 0 Å². The number of carbonyl (C=O) groups excluding carboxylic acids is 1. The molecule has 0 aromatic heterocycles. The molecule has 0 atom stereocenters. The van der Waals surface area contributed by atoms with E-state index in [4.69, 9.17) is 0 Å². The van der Waals surface area contributed by atoms with Crippen LogP contribution in [-0.4, -0.2) is 30.4 Å². The van der Waals surface area contributed by atoms with Crippen LogP contribution in [0.2, 0.25) is 0 Å². The zero-order chi connectivity index (χ0) is 13.8. The maximum Gasteiger partial charge on any atom is 0.236 e. The van der Waals surface area contributed by atoms with E-state index in [2.05, 4.69) is 41.7 Å². The molecule has 1 N–H and O–H groups in total. The Morgan fingerprint density at radius 3 is 2.35 bits per heavy atom. The number of hydrogen-bond donors (Lipinski definition) is 1. The van der Waals surface area contributed by atoms with Crippen molar-refractivity contribution in [3.05, 3.63) is 60.2 Å². The van der Waals surface area contributed by atoms with Crippen LogP contribution in [-0.2, 0) is 11.3 Å². The number of hydrogen-bond acceptors (Lipinski definition) is 2. The van der Waals surface area contributed by atoms with E-state index in [-0.39, 0.29) is 5.91 Å². The third-order valence-electron chi connectivity index (χ3n) is 3.62. The molecule has 2 aromatic rings. The number of nitrogens with zero attached hydrogens (tertiary/aromatic N) is 1. The van der Waals surface area contributed by atoms with Gasteiger partial charge in [0.2, 0.25) is 5.91 Å². The maximum atomic E-state index is 11.8. The molecule has 3 heteroatoms. The van der Waals surface area contributed by atoms with Crippen LogP contribution in [0.15, 0.2) is 54.6 Å². The molecule has 1 saturated heterocycles. The third-order valence-corrected chi connectivity index (χ3v) is 3.62. The highest BCUT2D eigenvalue weighted by molar-refractivity contribution is 5.79. The molecule has 1 amide bonds. The monoisotopic (exact) mass is 266 g/mol. The Labute approximate surface area is 119 Å². The van der Waals surface area contributed by atoms with Gasteiger partial charge in [0.05, 0.1) is 6.54 Å². The molecule has 1 aliphatic heterocycles. The van der Waals surface area contributed by atoms with Gasteiger partial charge in [-0.25, -0.2) is 0 Å². The minimum atomic E-state index is 0.184. The van der Waals surface area contributed by atoms with Crippen molar-refractivity contribution in [3.8, 4) is 11.1 Å². The van der Waals surface area contributed by atoms with Gasteiger partial charge in [-0.15, -0.1) is 0 Å². The highest BCUT2D eigenvalue weighted by Gasteiger charge is 2.17. The van der Waals surface area contributed by atoms with Gasteiger partial charge >= 0.3 is 0 Å². The first-order valence-electron chi connectivity index (χ1n) is 6.96. The van der Waals surface area contributed by atoms with Crippen LogP contribution in [0.1, 0.15) is 5.56 Å². The summed E-state index contributed by atoms with van der Waals surface area (Å²) in [5, 5.41) is 3.09. The lowest BCUT2D eigenvalue weighted by atomic mass is 10.0. The van der Waals surface area contributed by atoms with Gasteiger partial charge in [-0.1, -0.05) is 54.6 Å².